The van der Waals surface area contributed by atoms with Crippen LogP contribution < -0.4 is 5.32 Å². The molecule has 2 fully saturated rings. The van der Waals surface area contributed by atoms with E-state index in [9.17, 15) is 4.79 Å². The van der Waals surface area contributed by atoms with Crippen LogP contribution in [0.3, 0.4) is 0 Å². The van der Waals surface area contributed by atoms with Crippen molar-refractivity contribution in [3.05, 3.63) is 5.01 Å². The number of carbonyl (C=O) groups excluding carboxylic acids is 1. The molecule has 0 saturated heterocycles. The quantitative estimate of drug-likeness (QED) is 0.864. The minimum Gasteiger partial charge on any atom is -0.363 e. The predicted molar refractivity (Wildman–Crippen MR) is 66.2 cm³/mol. The lowest BCUT2D eigenvalue weighted by Crippen LogP contribution is -2.34. The van der Waals surface area contributed by atoms with E-state index in [2.05, 4.69) is 15.5 Å². The molecule has 1 aromatic rings. The van der Waals surface area contributed by atoms with Crippen LogP contribution in [-0.4, -0.2) is 40.6 Å². The fourth-order valence-electron chi connectivity index (χ4n) is 1.90. The average molecular weight is 252 g/mol. The number of nitrogens with one attached hydrogen (secondary N) is 1. The zero-order valence-electron chi connectivity index (χ0n) is 9.85. The molecule has 0 spiro atoms. The van der Waals surface area contributed by atoms with Gasteiger partial charge < -0.3 is 10.2 Å². The van der Waals surface area contributed by atoms with Crippen LogP contribution in [0.25, 0.3) is 0 Å². The van der Waals surface area contributed by atoms with Crippen LogP contribution in [-0.2, 0) is 0 Å². The van der Waals surface area contributed by atoms with Gasteiger partial charge in [0.1, 0.15) is 0 Å². The van der Waals surface area contributed by atoms with Gasteiger partial charge in [0.25, 0.3) is 5.91 Å². The van der Waals surface area contributed by atoms with E-state index in [4.69, 9.17) is 0 Å². The molecule has 3 rings (SSSR count). The molecule has 6 heteroatoms. The van der Waals surface area contributed by atoms with Crippen molar-refractivity contribution in [2.24, 2.45) is 5.92 Å². The summed E-state index contributed by atoms with van der Waals surface area (Å²) in [6.45, 7) is 0.915. The van der Waals surface area contributed by atoms with Crippen LogP contribution >= 0.6 is 11.3 Å². The highest BCUT2D eigenvalue weighted by molar-refractivity contribution is 7.17. The van der Waals surface area contributed by atoms with E-state index in [0.717, 1.165) is 25.3 Å². The van der Waals surface area contributed by atoms with Crippen molar-refractivity contribution in [1.29, 1.82) is 0 Å². The second-order valence-electron chi connectivity index (χ2n) is 4.79. The number of amides is 1. The van der Waals surface area contributed by atoms with E-state index in [1.807, 2.05) is 4.90 Å². The monoisotopic (exact) mass is 252 g/mol. The molecule has 0 aliphatic heterocycles. The number of aromatic nitrogens is 2. The van der Waals surface area contributed by atoms with Crippen LogP contribution in [0.2, 0.25) is 0 Å². The van der Waals surface area contributed by atoms with Crippen LogP contribution in [0, 0.1) is 5.92 Å². The van der Waals surface area contributed by atoms with Gasteiger partial charge in [-0.2, -0.15) is 0 Å². The number of hydrogen-bond donors (Lipinski definition) is 1. The topological polar surface area (TPSA) is 58.1 Å². The molecule has 0 atom stereocenters. The first-order valence-electron chi connectivity index (χ1n) is 6.10. The predicted octanol–water partition coefficient (Wildman–Crippen LogP) is 1.59. The third-order valence-corrected chi connectivity index (χ3v) is 4.15. The molecule has 2 saturated carbocycles. The molecule has 92 valence electrons. The second-order valence-corrected chi connectivity index (χ2v) is 5.77. The first-order chi connectivity index (χ1) is 8.28. The molecular weight excluding hydrogens is 236 g/mol. The summed E-state index contributed by atoms with van der Waals surface area (Å²) in [4.78, 5) is 14.3. The smallest absolute Gasteiger partial charge is 0.285 e. The molecule has 5 nitrogen and oxygen atoms in total. The van der Waals surface area contributed by atoms with Crippen LogP contribution in [0.5, 0.6) is 0 Å². The third kappa shape index (κ3) is 2.41. The fourth-order valence-corrected chi connectivity index (χ4v) is 2.55. The Balaban J connectivity index is 1.72. The first-order valence-corrected chi connectivity index (χ1v) is 6.92. The Labute approximate surface area is 104 Å². The van der Waals surface area contributed by atoms with Crippen molar-refractivity contribution in [3.63, 3.8) is 0 Å². The Morgan fingerprint density at radius 2 is 2.18 bits per heavy atom. The molecule has 2 aliphatic rings. The van der Waals surface area contributed by atoms with Crippen LogP contribution in [0.1, 0.15) is 35.5 Å². The van der Waals surface area contributed by atoms with Crippen LogP contribution in [0.15, 0.2) is 0 Å². The van der Waals surface area contributed by atoms with E-state index in [1.165, 1.54) is 24.2 Å². The Kier molecular flexibility index (Phi) is 2.74. The molecule has 0 bridgehead atoms. The number of rotatable bonds is 5. The van der Waals surface area contributed by atoms with Gasteiger partial charge >= 0.3 is 0 Å². The molecule has 1 heterocycles. The largest absolute Gasteiger partial charge is 0.363 e. The van der Waals surface area contributed by atoms with Gasteiger partial charge in [-0.15, -0.1) is 10.2 Å². The summed E-state index contributed by atoms with van der Waals surface area (Å²) in [5.41, 5.74) is 0. The number of hydrogen-bond acceptors (Lipinski definition) is 5. The van der Waals surface area contributed by atoms with Gasteiger partial charge in [-0.05, 0) is 31.6 Å². The number of nitrogens with zero attached hydrogens (tertiary/aromatic N) is 3. The molecular formula is C11H16N4OS. The lowest BCUT2D eigenvalue weighted by Gasteiger charge is -2.20. The molecule has 0 aromatic carbocycles. The lowest BCUT2D eigenvalue weighted by molar-refractivity contribution is 0.0733. The summed E-state index contributed by atoms with van der Waals surface area (Å²) >= 11 is 1.34. The minimum atomic E-state index is 0.0680. The summed E-state index contributed by atoms with van der Waals surface area (Å²) in [5, 5.41) is 12.0. The van der Waals surface area contributed by atoms with Crippen LogP contribution in [0.4, 0.5) is 5.13 Å². The molecule has 0 radical (unpaired) electrons. The summed E-state index contributed by atoms with van der Waals surface area (Å²) < 4.78 is 0. The summed E-state index contributed by atoms with van der Waals surface area (Å²) in [6, 6.07) is 0.463. The van der Waals surface area contributed by atoms with Gasteiger partial charge in [-0.3, -0.25) is 4.79 Å². The lowest BCUT2D eigenvalue weighted by atomic mass is 10.3. The highest BCUT2D eigenvalue weighted by atomic mass is 32.1. The maximum atomic E-state index is 12.3. The van der Waals surface area contributed by atoms with E-state index in [1.54, 1.807) is 7.05 Å². The summed E-state index contributed by atoms with van der Waals surface area (Å²) in [5.74, 6) is 0.801. The molecule has 1 N–H and O–H groups in total. The summed E-state index contributed by atoms with van der Waals surface area (Å²) in [7, 11) is 1.79. The third-order valence-electron chi connectivity index (χ3n) is 3.22. The van der Waals surface area contributed by atoms with E-state index >= 15 is 0 Å². The minimum absolute atomic E-state index is 0.0680. The van der Waals surface area contributed by atoms with Crippen molar-refractivity contribution < 1.29 is 4.79 Å². The zero-order valence-corrected chi connectivity index (χ0v) is 10.7. The maximum absolute atomic E-state index is 12.3. The van der Waals surface area contributed by atoms with Gasteiger partial charge in [0.15, 0.2) is 0 Å². The number of anilines is 1. The highest BCUT2D eigenvalue weighted by Gasteiger charge is 2.37. The Bertz CT molecular complexity index is 425. The Morgan fingerprint density at radius 3 is 2.71 bits per heavy atom. The summed E-state index contributed by atoms with van der Waals surface area (Å²) in [6.07, 6.45) is 4.84. The zero-order chi connectivity index (χ0) is 11.8. The van der Waals surface area contributed by atoms with E-state index in [-0.39, 0.29) is 5.91 Å². The van der Waals surface area contributed by atoms with Crippen molar-refractivity contribution >= 4 is 22.4 Å². The highest BCUT2D eigenvalue weighted by Crippen LogP contribution is 2.36. The van der Waals surface area contributed by atoms with E-state index < -0.39 is 0 Å². The maximum Gasteiger partial charge on any atom is 0.285 e. The average Bonchev–Trinajstić information content (AvgIpc) is 3.24. The normalized spacial score (nSPS) is 19.1. The number of carbonyl (C=O) groups is 1. The fraction of sp³-hybridized carbons (Fsp3) is 0.727. The van der Waals surface area contributed by atoms with Gasteiger partial charge in [0.2, 0.25) is 10.1 Å². The van der Waals surface area contributed by atoms with Gasteiger partial charge in [0, 0.05) is 19.6 Å². The van der Waals surface area contributed by atoms with Crippen molar-refractivity contribution in [2.75, 3.05) is 18.9 Å². The molecule has 2 aliphatic carbocycles. The first kappa shape index (κ1) is 11.0. The van der Waals surface area contributed by atoms with Gasteiger partial charge in [-0.1, -0.05) is 11.3 Å². The Hall–Kier alpha value is -1.17. The molecule has 1 amide bonds. The molecule has 17 heavy (non-hydrogen) atoms. The second kappa shape index (κ2) is 4.25. The van der Waals surface area contributed by atoms with E-state index in [0.29, 0.717) is 16.2 Å². The SMILES string of the molecule is CNc1nnc(C(=O)N(CC2CC2)C2CC2)s1. The van der Waals surface area contributed by atoms with Crippen molar-refractivity contribution in [3.8, 4) is 0 Å². The Morgan fingerprint density at radius 1 is 1.41 bits per heavy atom. The standard InChI is InChI=1S/C11H16N4OS/c1-12-11-14-13-9(17-11)10(16)15(8-4-5-8)6-7-2-3-7/h7-8H,2-6H2,1H3,(H,12,14). The van der Waals surface area contributed by atoms with Gasteiger partial charge in [0.05, 0.1) is 0 Å². The van der Waals surface area contributed by atoms with Gasteiger partial charge in [-0.25, -0.2) is 0 Å². The van der Waals surface area contributed by atoms with Crippen molar-refractivity contribution in [1.82, 2.24) is 15.1 Å². The molecule has 1 aromatic heterocycles. The van der Waals surface area contributed by atoms with Crippen molar-refractivity contribution in [2.45, 2.75) is 31.7 Å². The molecule has 0 unspecified atom stereocenters.